The number of nitrogens with one attached hydrogen (secondary N) is 1. The third-order valence-electron chi connectivity index (χ3n) is 1.42. The van der Waals surface area contributed by atoms with Gasteiger partial charge in [0.1, 0.15) is 5.76 Å². The van der Waals surface area contributed by atoms with E-state index in [1.54, 1.807) is 6.26 Å². The maximum absolute atomic E-state index is 7.18. The smallest absolute Gasteiger partial charge is 0.180 e. The van der Waals surface area contributed by atoms with E-state index in [0.717, 1.165) is 12.2 Å². The molecule has 0 amide bonds. The SMILES string of the molecule is COC(=N)CCc1ccco1. The lowest BCUT2D eigenvalue weighted by atomic mass is 10.2. The standard InChI is InChI=1S/C8H11NO2/c1-10-8(9)5-4-7-3-2-6-11-7/h2-3,6,9H,4-5H2,1H3. The van der Waals surface area contributed by atoms with Crippen LogP contribution in [0.2, 0.25) is 0 Å². The summed E-state index contributed by atoms with van der Waals surface area (Å²) in [7, 11) is 1.50. The quantitative estimate of drug-likeness (QED) is 0.532. The molecule has 60 valence electrons. The van der Waals surface area contributed by atoms with Crippen molar-refractivity contribution in [2.45, 2.75) is 12.8 Å². The summed E-state index contributed by atoms with van der Waals surface area (Å²) in [4.78, 5) is 0. The molecule has 1 aromatic heterocycles. The van der Waals surface area contributed by atoms with E-state index in [1.807, 2.05) is 12.1 Å². The Balaban J connectivity index is 2.29. The topological polar surface area (TPSA) is 46.2 Å². The first-order valence-corrected chi connectivity index (χ1v) is 3.46. The van der Waals surface area contributed by atoms with Crippen molar-refractivity contribution in [2.24, 2.45) is 0 Å². The number of hydrogen-bond donors (Lipinski definition) is 1. The Bertz CT molecular complexity index is 216. The van der Waals surface area contributed by atoms with Crippen molar-refractivity contribution in [3.63, 3.8) is 0 Å². The van der Waals surface area contributed by atoms with Crippen LogP contribution in [0.3, 0.4) is 0 Å². The minimum atomic E-state index is 0.293. The van der Waals surface area contributed by atoms with Crippen molar-refractivity contribution in [1.29, 1.82) is 5.41 Å². The van der Waals surface area contributed by atoms with Gasteiger partial charge in [0.2, 0.25) is 0 Å². The third-order valence-corrected chi connectivity index (χ3v) is 1.42. The molecule has 0 saturated carbocycles. The van der Waals surface area contributed by atoms with Crippen LogP contribution in [0.1, 0.15) is 12.2 Å². The molecule has 0 atom stereocenters. The zero-order valence-electron chi connectivity index (χ0n) is 6.46. The molecule has 0 saturated heterocycles. The van der Waals surface area contributed by atoms with Crippen LogP contribution >= 0.6 is 0 Å². The van der Waals surface area contributed by atoms with Crippen molar-refractivity contribution in [3.05, 3.63) is 24.2 Å². The van der Waals surface area contributed by atoms with Crippen LogP contribution in [-0.4, -0.2) is 13.0 Å². The maximum Gasteiger partial charge on any atom is 0.180 e. The molecule has 3 nitrogen and oxygen atoms in total. The highest BCUT2D eigenvalue weighted by molar-refractivity contribution is 5.72. The molecule has 0 radical (unpaired) electrons. The molecule has 3 heteroatoms. The van der Waals surface area contributed by atoms with Gasteiger partial charge in [0.15, 0.2) is 5.90 Å². The number of hydrogen-bond acceptors (Lipinski definition) is 3. The molecule has 1 N–H and O–H groups in total. The highest BCUT2D eigenvalue weighted by atomic mass is 16.5. The van der Waals surface area contributed by atoms with E-state index in [1.165, 1.54) is 7.11 Å². The second-order valence-corrected chi connectivity index (χ2v) is 2.21. The van der Waals surface area contributed by atoms with Crippen LogP contribution in [0.15, 0.2) is 22.8 Å². The van der Waals surface area contributed by atoms with Crippen molar-refractivity contribution in [3.8, 4) is 0 Å². The van der Waals surface area contributed by atoms with E-state index in [2.05, 4.69) is 0 Å². The molecule has 1 rings (SSSR count). The lowest BCUT2D eigenvalue weighted by Crippen LogP contribution is -1.99. The molecule has 1 heterocycles. The van der Waals surface area contributed by atoms with Crippen LogP contribution in [0, 0.1) is 5.41 Å². The second-order valence-electron chi connectivity index (χ2n) is 2.21. The monoisotopic (exact) mass is 153 g/mol. The first-order chi connectivity index (χ1) is 5.33. The molecule has 0 aromatic carbocycles. The molecule has 0 aliphatic carbocycles. The van der Waals surface area contributed by atoms with E-state index in [0.29, 0.717) is 12.3 Å². The number of furan rings is 1. The largest absolute Gasteiger partial charge is 0.484 e. The lowest BCUT2D eigenvalue weighted by molar-refractivity contribution is 0.383. The van der Waals surface area contributed by atoms with Gasteiger partial charge in [-0.3, -0.25) is 5.41 Å². The molecule has 0 aliphatic rings. The summed E-state index contributed by atoms with van der Waals surface area (Å²) in [5, 5.41) is 7.18. The predicted molar refractivity (Wildman–Crippen MR) is 41.8 cm³/mol. The summed E-state index contributed by atoms with van der Waals surface area (Å²) in [6.45, 7) is 0. The van der Waals surface area contributed by atoms with Crippen molar-refractivity contribution < 1.29 is 9.15 Å². The average molecular weight is 153 g/mol. The molecular weight excluding hydrogens is 142 g/mol. The summed E-state index contributed by atoms with van der Waals surface area (Å²) < 4.78 is 9.77. The van der Waals surface area contributed by atoms with Crippen LogP contribution in [0.5, 0.6) is 0 Å². The van der Waals surface area contributed by atoms with Gasteiger partial charge in [0.05, 0.1) is 13.4 Å². The van der Waals surface area contributed by atoms with E-state index >= 15 is 0 Å². The van der Waals surface area contributed by atoms with Crippen LogP contribution in [0.4, 0.5) is 0 Å². The van der Waals surface area contributed by atoms with Gasteiger partial charge in [-0.25, -0.2) is 0 Å². The summed E-state index contributed by atoms with van der Waals surface area (Å²) in [6.07, 6.45) is 2.97. The Hall–Kier alpha value is -1.25. The fraction of sp³-hybridized carbons (Fsp3) is 0.375. The van der Waals surface area contributed by atoms with Gasteiger partial charge in [0.25, 0.3) is 0 Å². The molecule has 0 fully saturated rings. The zero-order chi connectivity index (χ0) is 8.10. The van der Waals surface area contributed by atoms with Crippen molar-refractivity contribution >= 4 is 5.90 Å². The van der Waals surface area contributed by atoms with Gasteiger partial charge in [-0.2, -0.15) is 0 Å². The second kappa shape index (κ2) is 3.81. The third kappa shape index (κ3) is 2.45. The molecule has 0 aliphatic heterocycles. The van der Waals surface area contributed by atoms with Gasteiger partial charge in [0, 0.05) is 12.8 Å². The first kappa shape index (κ1) is 7.85. The van der Waals surface area contributed by atoms with Crippen LogP contribution in [-0.2, 0) is 11.2 Å². The highest BCUT2D eigenvalue weighted by Crippen LogP contribution is 2.03. The number of rotatable bonds is 3. The van der Waals surface area contributed by atoms with E-state index in [4.69, 9.17) is 14.6 Å². The fourth-order valence-electron chi connectivity index (χ4n) is 0.794. The molecule has 0 spiro atoms. The van der Waals surface area contributed by atoms with Crippen LogP contribution in [0.25, 0.3) is 0 Å². The Kier molecular flexibility index (Phi) is 2.72. The predicted octanol–water partition coefficient (Wildman–Crippen LogP) is 1.84. The summed E-state index contributed by atoms with van der Waals surface area (Å²) in [6, 6.07) is 3.73. The molecule has 0 bridgehead atoms. The highest BCUT2D eigenvalue weighted by Gasteiger charge is 1.98. The van der Waals surface area contributed by atoms with E-state index in [9.17, 15) is 0 Å². The van der Waals surface area contributed by atoms with E-state index < -0.39 is 0 Å². The molecule has 11 heavy (non-hydrogen) atoms. The van der Waals surface area contributed by atoms with Gasteiger partial charge in [-0.15, -0.1) is 0 Å². The number of aryl methyl sites for hydroxylation is 1. The molecular formula is C8H11NO2. The zero-order valence-corrected chi connectivity index (χ0v) is 6.46. The Morgan fingerprint density at radius 2 is 2.55 bits per heavy atom. The Morgan fingerprint density at radius 3 is 3.09 bits per heavy atom. The van der Waals surface area contributed by atoms with Gasteiger partial charge < -0.3 is 9.15 Å². The number of ether oxygens (including phenoxy) is 1. The lowest BCUT2D eigenvalue weighted by Gasteiger charge is -1.98. The first-order valence-electron chi connectivity index (χ1n) is 3.46. The Morgan fingerprint density at radius 1 is 1.73 bits per heavy atom. The average Bonchev–Trinajstić information content (AvgIpc) is 2.52. The molecule has 1 aromatic rings. The molecule has 0 unspecified atom stereocenters. The fourth-order valence-corrected chi connectivity index (χ4v) is 0.794. The summed E-state index contributed by atoms with van der Waals surface area (Å²) in [5.74, 6) is 1.19. The minimum absolute atomic E-state index is 0.293. The van der Waals surface area contributed by atoms with Crippen molar-refractivity contribution in [1.82, 2.24) is 0 Å². The van der Waals surface area contributed by atoms with Crippen molar-refractivity contribution in [2.75, 3.05) is 7.11 Å². The summed E-state index contributed by atoms with van der Waals surface area (Å²) in [5.41, 5.74) is 0. The maximum atomic E-state index is 7.18. The van der Waals surface area contributed by atoms with Crippen LogP contribution < -0.4 is 0 Å². The van der Waals surface area contributed by atoms with Gasteiger partial charge in [-0.1, -0.05) is 0 Å². The minimum Gasteiger partial charge on any atom is -0.484 e. The summed E-state index contributed by atoms with van der Waals surface area (Å²) >= 11 is 0. The van der Waals surface area contributed by atoms with E-state index in [-0.39, 0.29) is 0 Å². The Labute approximate surface area is 65.5 Å². The van der Waals surface area contributed by atoms with Gasteiger partial charge in [-0.05, 0) is 12.1 Å². The number of methoxy groups -OCH3 is 1. The van der Waals surface area contributed by atoms with Gasteiger partial charge >= 0.3 is 0 Å². The normalized spacial score (nSPS) is 9.55.